The third-order valence-corrected chi connectivity index (χ3v) is 4.84. The molecule has 21 heavy (non-hydrogen) atoms. The maximum atomic E-state index is 13.7. The Morgan fingerprint density at radius 1 is 1.38 bits per heavy atom. The molecule has 2 aromatic rings. The first-order valence-electron chi connectivity index (χ1n) is 7.65. The molecule has 1 heterocycles. The molecular weight excluding hydrogens is 287 g/mol. The minimum Gasteiger partial charge on any atom is -0.494 e. The summed E-state index contributed by atoms with van der Waals surface area (Å²) in [6, 6.07) is 3.18. The second-order valence-corrected chi connectivity index (χ2v) is 6.27. The van der Waals surface area contributed by atoms with Gasteiger partial charge < -0.3 is 14.3 Å². The van der Waals surface area contributed by atoms with Gasteiger partial charge in [0, 0.05) is 18.7 Å². The van der Waals surface area contributed by atoms with E-state index in [1.807, 2.05) is 0 Å². The van der Waals surface area contributed by atoms with Crippen molar-refractivity contribution in [2.45, 2.75) is 45.1 Å². The number of nitrogens with zero attached hydrogens (tertiary/aromatic N) is 1. The van der Waals surface area contributed by atoms with Crippen LogP contribution < -0.4 is 4.74 Å². The van der Waals surface area contributed by atoms with Crippen LogP contribution in [-0.4, -0.2) is 16.7 Å². The van der Waals surface area contributed by atoms with Gasteiger partial charge >= 0.3 is 0 Å². The second-order valence-electron chi connectivity index (χ2n) is 5.88. The highest BCUT2D eigenvalue weighted by molar-refractivity contribution is 7.71. The lowest BCUT2D eigenvalue weighted by molar-refractivity contribution is 0.387. The summed E-state index contributed by atoms with van der Waals surface area (Å²) in [6.45, 7) is 0.879. The Labute approximate surface area is 129 Å². The minimum absolute atomic E-state index is 0.265. The van der Waals surface area contributed by atoms with Gasteiger partial charge in [0.1, 0.15) is 0 Å². The fraction of sp³-hybridized carbons (Fsp3) is 0.562. The third-order valence-electron chi connectivity index (χ3n) is 4.52. The van der Waals surface area contributed by atoms with Gasteiger partial charge in [-0.1, -0.05) is 25.7 Å². The van der Waals surface area contributed by atoms with E-state index in [1.165, 1.54) is 45.3 Å². The number of fused-ring (bicyclic) bond motifs is 1. The number of halogens is 1. The van der Waals surface area contributed by atoms with Crippen LogP contribution in [0.3, 0.4) is 0 Å². The van der Waals surface area contributed by atoms with Crippen LogP contribution in [-0.2, 0) is 6.54 Å². The predicted octanol–water partition coefficient (Wildman–Crippen LogP) is 4.82. The van der Waals surface area contributed by atoms with Crippen LogP contribution in [0.5, 0.6) is 5.75 Å². The Balaban J connectivity index is 1.80. The summed E-state index contributed by atoms with van der Waals surface area (Å²) in [7, 11) is 1.48. The van der Waals surface area contributed by atoms with Crippen molar-refractivity contribution in [3.63, 3.8) is 0 Å². The van der Waals surface area contributed by atoms with Crippen LogP contribution in [0.2, 0.25) is 0 Å². The Bertz CT molecular complexity index is 685. The molecule has 0 radical (unpaired) electrons. The topological polar surface area (TPSA) is 29.9 Å². The number of aromatic nitrogens is 2. The van der Waals surface area contributed by atoms with E-state index < -0.39 is 0 Å². The lowest BCUT2D eigenvalue weighted by Gasteiger charge is -2.10. The van der Waals surface area contributed by atoms with Crippen molar-refractivity contribution in [3.05, 3.63) is 22.7 Å². The molecule has 3 nitrogen and oxygen atoms in total. The molecule has 5 heteroatoms. The molecule has 0 unspecified atom stereocenters. The highest BCUT2D eigenvalue weighted by atomic mass is 32.1. The fourth-order valence-electron chi connectivity index (χ4n) is 3.37. The Hall–Kier alpha value is -1.36. The van der Waals surface area contributed by atoms with Gasteiger partial charge in [0.15, 0.2) is 16.3 Å². The number of hydrogen-bond donors (Lipinski definition) is 1. The zero-order chi connectivity index (χ0) is 14.8. The normalized spacial score (nSPS) is 15.9. The summed E-state index contributed by atoms with van der Waals surface area (Å²) in [5, 5.41) is 0. The summed E-state index contributed by atoms with van der Waals surface area (Å²) in [5.74, 6) is 0.789. The van der Waals surface area contributed by atoms with Gasteiger partial charge in [0.05, 0.1) is 18.1 Å². The number of aryl methyl sites for hydroxylation is 1. The van der Waals surface area contributed by atoms with Crippen molar-refractivity contribution in [1.29, 1.82) is 0 Å². The Morgan fingerprint density at radius 2 is 2.14 bits per heavy atom. The minimum atomic E-state index is -0.362. The average molecular weight is 308 g/mol. The third kappa shape index (κ3) is 2.98. The van der Waals surface area contributed by atoms with E-state index in [9.17, 15) is 4.39 Å². The van der Waals surface area contributed by atoms with E-state index >= 15 is 0 Å². The van der Waals surface area contributed by atoms with E-state index in [0.717, 1.165) is 29.9 Å². The Morgan fingerprint density at radius 3 is 2.86 bits per heavy atom. The SMILES string of the molecule is COc1cc2c(cc1F)[nH]c(=S)n2CCCC1CCCC1. The zero-order valence-electron chi connectivity index (χ0n) is 12.3. The van der Waals surface area contributed by atoms with E-state index in [2.05, 4.69) is 9.55 Å². The number of hydrogen-bond acceptors (Lipinski definition) is 2. The van der Waals surface area contributed by atoms with Crippen molar-refractivity contribution >= 4 is 23.3 Å². The maximum absolute atomic E-state index is 13.7. The molecule has 0 atom stereocenters. The van der Waals surface area contributed by atoms with Crippen LogP contribution in [0.15, 0.2) is 12.1 Å². The van der Waals surface area contributed by atoms with E-state index in [-0.39, 0.29) is 11.6 Å². The summed E-state index contributed by atoms with van der Waals surface area (Å²) < 4.78 is 21.5. The highest BCUT2D eigenvalue weighted by Gasteiger charge is 2.15. The summed E-state index contributed by atoms with van der Waals surface area (Å²) in [5.41, 5.74) is 1.66. The van der Waals surface area contributed by atoms with Crippen LogP contribution in [0, 0.1) is 16.5 Å². The highest BCUT2D eigenvalue weighted by Crippen LogP contribution is 2.29. The van der Waals surface area contributed by atoms with Gasteiger partial charge in [0.25, 0.3) is 0 Å². The first-order chi connectivity index (χ1) is 10.2. The van der Waals surface area contributed by atoms with Crippen LogP contribution in [0.1, 0.15) is 38.5 Å². The van der Waals surface area contributed by atoms with Gasteiger partial charge in [-0.2, -0.15) is 0 Å². The van der Waals surface area contributed by atoms with Crippen molar-refractivity contribution in [3.8, 4) is 5.75 Å². The summed E-state index contributed by atoms with van der Waals surface area (Å²) in [4.78, 5) is 3.08. The average Bonchev–Trinajstić information content (AvgIpc) is 3.07. The predicted molar refractivity (Wildman–Crippen MR) is 84.8 cm³/mol. The summed E-state index contributed by atoms with van der Waals surface area (Å²) in [6.07, 6.45) is 7.89. The largest absolute Gasteiger partial charge is 0.494 e. The van der Waals surface area contributed by atoms with Crippen molar-refractivity contribution in [2.24, 2.45) is 5.92 Å². The Kier molecular flexibility index (Phi) is 4.29. The number of methoxy groups -OCH3 is 1. The molecule has 1 aliphatic carbocycles. The number of imidazole rings is 1. The number of nitrogens with one attached hydrogen (secondary N) is 1. The van der Waals surface area contributed by atoms with Crippen molar-refractivity contribution < 1.29 is 9.13 Å². The maximum Gasteiger partial charge on any atom is 0.178 e. The number of rotatable bonds is 5. The molecule has 1 fully saturated rings. The molecule has 114 valence electrons. The number of benzene rings is 1. The van der Waals surface area contributed by atoms with Crippen LogP contribution >= 0.6 is 12.2 Å². The molecular formula is C16H21FN2OS. The molecule has 0 spiro atoms. The number of ether oxygens (including phenoxy) is 1. The molecule has 0 amide bonds. The standard InChI is InChI=1S/C16H21FN2OS/c1-20-15-10-14-13(9-12(15)17)18-16(21)19(14)8-4-7-11-5-2-3-6-11/h9-11H,2-8H2,1H3,(H,18,21). The monoisotopic (exact) mass is 308 g/mol. The lowest BCUT2D eigenvalue weighted by Crippen LogP contribution is -2.01. The smallest absolute Gasteiger partial charge is 0.178 e. The molecule has 1 saturated carbocycles. The van der Waals surface area contributed by atoms with Gasteiger partial charge in [-0.3, -0.25) is 0 Å². The van der Waals surface area contributed by atoms with Gasteiger partial charge in [-0.25, -0.2) is 4.39 Å². The molecule has 0 bridgehead atoms. The van der Waals surface area contributed by atoms with Crippen molar-refractivity contribution in [2.75, 3.05) is 7.11 Å². The fourth-order valence-corrected chi connectivity index (χ4v) is 3.67. The van der Waals surface area contributed by atoms with E-state index in [4.69, 9.17) is 17.0 Å². The first kappa shape index (κ1) is 14.6. The van der Waals surface area contributed by atoms with Gasteiger partial charge in [-0.15, -0.1) is 0 Å². The molecule has 1 N–H and O–H groups in total. The van der Waals surface area contributed by atoms with Gasteiger partial charge in [0.2, 0.25) is 0 Å². The van der Waals surface area contributed by atoms with E-state index in [0.29, 0.717) is 4.77 Å². The van der Waals surface area contributed by atoms with Gasteiger partial charge in [-0.05, 0) is 31.0 Å². The first-order valence-corrected chi connectivity index (χ1v) is 8.06. The molecule has 1 aromatic heterocycles. The molecule has 0 aliphatic heterocycles. The molecule has 1 aromatic carbocycles. The number of aromatic amines is 1. The van der Waals surface area contributed by atoms with Crippen molar-refractivity contribution in [1.82, 2.24) is 9.55 Å². The number of H-pyrrole nitrogens is 1. The second kappa shape index (κ2) is 6.18. The molecule has 3 rings (SSSR count). The van der Waals surface area contributed by atoms with Crippen LogP contribution in [0.4, 0.5) is 4.39 Å². The summed E-state index contributed by atoms with van der Waals surface area (Å²) >= 11 is 5.37. The molecule has 0 saturated heterocycles. The lowest BCUT2D eigenvalue weighted by atomic mass is 10.0. The van der Waals surface area contributed by atoms with E-state index in [1.54, 1.807) is 6.07 Å². The quantitative estimate of drug-likeness (QED) is 0.803. The molecule has 1 aliphatic rings. The zero-order valence-corrected chi connectivity index (χ0v) is 13.1. The van der Waals surface area contributed by atoms with Crippen LogP contribution in [0.25, 0.3) is 11.0 Å².